The number of benzene rings is 2. The van der Waals surface area contributed by atoms with Gasteiger partial charge in [-0.2, -0.15) is 0 Å². The molecule has 0 spiro atoms. The van der Waals surface area contributed by atoms with Crippen LogP contribution in [0.15, 0.2) is 46.9 Å². The second-order valence-electron chi connectivity index (χ2n) is 5.84. The molecule has 0 saturated carbocycles. The predicted octanol–water partition coefficient (Wildman–Crippen LogP) is 5.25. The Balaban J connectivity index is 2.08. The molecule has 0 saturated heterocycles. The minimum atomic E-state index is -0.269. The van der Waals surface area contributed by atoms with Crippen LogP contribution < -0.4 is 0 Å². The summed E-state index contributed by atoms with van der Waals surface area (Å²) in [4.78, 5) is 12.0. The molecule has 0 N–H and O–H groups in total. The number of halogens is 1. The van der Waals surface area contributed by atoms with Crippen molar-refractivity contribution in [3.05, 3.63) is 69.3 Å². The molecule has 3 aromatic rings. The first kappa shape index (κ1) is 16.8. The summed E-state index contributed by atoms with van der Waals surface area (Å²) < 4.78 is 8.51. The standard InChI is InChI=1S/C20H20BrNO2/c1-4-24-20(23)15-9-10-19-17(11-15)13(2)14(3)22(19)12-16-7-5-6-8-18(16)21/h5-11H,4,12H2,1-3H3. The number of esters is 1. The normalized spacial score (nSPS) is 11.0. The van der Waals surface area contributed by atoms with Gasteiger partial charge < -0.3 is 9.30 Å². The van der Waals surface area contributed by atoms with E-state index in [0.29, 0.717) is 12.2 Å². The third-order valence-corrected chi connectivity index (χ3v) is 5.21. The summed E-state index contributed by atoms with van der Waals surface area (Å²) in [5.74, 6) is -0.269. The molecule has 0 radical (unpaired) electrons. The minimum Gasteiger partial charge on any atom is -0.462 e. The molecule has 1 heterocycles. The molecule has 1 aromatic heterocycles. The van der Waals surface area contributed by atoms with Crippen LogP contribution >= 0.6 is 15.9 Å². The summed E-state index contributed by atoms with van der Waals surface area (Å²) in [5.41, 5.74) is 5.37. The van der Waals surface area contributed by atoms with Crippen LogP contribution in [-0.2, 0) is 11.3 Å². The number of fused-ring (bicyclic) bond motifs is 1. The fraction of sp³-hybridized carbons (Fsp3) is 0.250. The lowest BCUT2D eigenvalue weighted by atomic mass is 10.1. The van der Waals surface area contributed by atoms with Gasteiger partial charge >= 0.3 is 5.97 Å². The molecule has 0 bridgehead atoms. The zero-order chi connectivity index (χ0) is 17.3. The van der Waals surface area contributed by atoms with Crippen LogP contribution in [0.3, 0.4) is 0 Å². The van der Waals surface area contributed by atoms with Gasteiger partial charge in [-0.05, 0) is 56.2 Å². The van der Waals surface area contributed by atoms with Crippen molar-refractivity contribution in [3.63, 3.8) is 0 Å². The number of hydrogen-bond acceptors (Lipinski definition) is 2. The smallest absolute Gasteiger partial charge is 0.338 e. The SMILES string of the molecule is CCOC(=O)c1ccc2c(c1)c(C)c(C)n2Cc1ccccc1Br. The van der Waals surface area contributed by atoms with Crippen molar-refractivity contribution < 1.29 is 9.53 Å². The van der Waals surface area contributed by atoms with Gasteiger partial charge in [0.25, 0.3) is 0 Å². The van der Waals surface area contributed by atoms with Gasteiger partial charge in [0.1, 0.15) is 0 Å². The lowest BCUT2D eigenvalue weighted by molar-refractivity contribution is 0.0526. The highest BCUT2D eigenvalue weighted by atomic mass is 79.9. The van der Waals surface area contributed by atoms with Crippen molar-refractivity contribution in [2.45, 2.75) is 27.3 Å². The average Bonchev–Trinajstić information content (AvgIpc) is 2.81. The van der Waals surface area contributed by atoms with E-state index in [1.165, 1.54) is 16.8 Å². The largest absolute Gasteiger partial charge is 0.462 e. The van der Waals surface area contributed by atoms with Gasteiger partial charge in [-0.3, -0.25) is 0 Å². The molecule has 3 rings (SSSR count). The number of hydrogen-bond donors (Lipinski definition) is 0. The van der Waals surface area contributed by atoms with Gasteiger partial charge in [-0.15, -0.1) is 0 Å². The summed E-state index contributed by atoms with van der Waals surface area (Å²) in [5, 5.41) is 1.10. The van der Waals surface area contributed by atoms with Gasteiger partial charge in [-0.1, -0.05) is 34.1 Å². The highest BCUT2D eigenvalue weighted by Gasteiger charge is 2.15. The van der Waals surface area contributed by atoms with Gasteiger partial charge in [0.05, 0.1) is 12.2 Å². The van der Waals surface area contributed by atoms with Crippen LogP contribution in [0, 0.1) is 13.8 Å². The van der Waals surface area contributed by atoms with Crippen molar-refractivity contribution in [3.8, 4) is 0 Å². The second-order valence-corrected chi connectivity index (χ2v) is 6.69. The Kier molecular flexibility index (Phi) is 4.76. The number of aromatic nitrogens is 1. The number of carbonyl (C=O) groups is 1. The first-order chi connectivity index (χ1) is 11.5. The van der Waals surface area contributed by atoms with E-state index in [9.17, 15) is 4.79 Å². The Labute approximate surface area is 150 Å². The van der Waals surface area contributed by atoms with E-state index >= 15 is 0 Å². The molecule has 0 atom stereocenters. The molecule has 4 heteroatoms. The van der Waals surface area contributed by atoms with Crippen LogP contribution in [0.25, 0.3) is 10.9 Å². The first-order valence-electron chi connectivity index (χ1n) is 8.03. The summed E-state index contributed by atoms with van der Waals surface area (Å²) >= 11 is 3.62. The van der Waals surface area contributed by atoms with Crippen molar-refractivity contribution in [2.24, 2.45) is 0 Å². The predicted molar refractivity (Wildman–Crippen MR) is 101 cm³/mol. The average molecular weight is 386 g/mol. The molecule has 0 fully saturated rings. The van der Waals surface area contributed by atoms with Crippen LogP contribution in [0.5, 0.6) is 0 Å². The third kappa shape index (κ3) is 2.98. The van der Waals surface area contributed by atoms with E-state index < -0.39 is 0 Å². The molecule has 3 nitrogen and oxygen atoms in total. The van der Waals surface area contributed by atoms with Crippen LogP contribution in [0.1, 0.15) is 34.1 Å². The fourth-order valence-corrected chi connectivity index (χ4v) is 3.40. The number of ether oxygens (including phenoxy) is 1. The molecular weight excluding hydrogens is 366 g/mol. The third-order valence-electron chi connectivity index (χ3n) is 4.44. The maximum Gasteiger partial charge on any atom is 0.338 e. The molecule has 124 valence electrons. The quantitative estimate of drug-likeness (QED) is 0.574. The Bertz CT molecular complexity index is 911. The molecule has 0 aliphatic heterocycles. The van der Waals surface area contributed by atoms with E-state index in [1.807, 2.05) is 37.3 Å². The Morgan fingerprint density at radius 2 is 1.92 bits per heavy atom. The lowest BCUT2D eigenvalue weighted by Crippen LogP contribution is -2.05. The Morgan fingerprint density at radius 3 is 2.62 bits per heavy atom. The Morgan fingerprint density at radius 1 is 1.17 bits per heavy atom. The highest BCUT2D eigenvalue weighted by molar-refractivity contribution is 9.10. The van der Waals surface area contributed by atoms with Gasteiger partial charge in [0.15, 0.2) is 0 Å². The van der Waals surface area contributed by atoms with E-state index in [0.717, 1.165) is 21.9 Å². The van der Waals surface area contributed by atoms with Gasteiger partial charge in [0, 0.05) is 27.6 Å². The first-order valence-corrected chi connectivity index (χ1v) is 8.82. The van der Waals surface area contributed by atoms with E-state index in [2.05, 4.69) is 46.5 Å². The topological polar surface area (TPSA) is 31.2 Å². The van der Waals surface area contributed by atoms with Crippen molar-refractivity contribution in [1.82, 2.24) is 4.57 Å². The lowest BCUT2D eigenvalue weighted by Gasteiger charge is -2.10. The van der Waals surface area contributed by atoms with Gasteiger partial charge in [-0.25, -0.2) is 4.79 Å². The van der Waals surface area contributed by atoms with E-state index in [1.54, 1.807) is 0 Å². The number of carbonyl (C=O) groups excluding carboxylic acids is 1. The summed E-state index contributed by atoms with van der Waals surface area (Å²) in [6.07, 6.45) is 0. The second kappa shape index (κ2) is 6.81. The monoisotopic (exact) mass is 385 g/mol. The summed E-state index contributed by atoms with van der Waals surface area (Å²) in [6.45, 7) is 7.22. The number of aryl methyl sites for hydroxylation is 1. The Hall–Kier alpha value is -2.07. The van der Waals surface area contributed by atoms with Crippen molar-refractivity contribution in [2.75, 3.05) is 6.61 Å². The van der Waals surface area contributed by atoms with Crippen molar-refractivity contribution in [1.29, 1.82) is 0 Å². The zero-order valence-electron chi connectivity index (χ0n) is 14.1. The molecule has 2 aromatic carbocycles. The maximum atomic E-state index is 12.0. The van der Waals surface area contributed by atoms with E-state index in [4.69, 9.17) is 4.74 Å². The summed E-state index contributed by atoms with van der Waals surface area (Å²) in [7, 11) is 0. The van der Waals surface area contributed by atoms with Crippen LogP contribution in [0.2, 0.25) is 0 Å². The maximum absolute atomic E-state index is 12.0. The van der Waals surface area contributed by atoms with E-state index in [-0.39, 0.29) is 5.97 Å². The number of rotatable bonds is 4. The van der Waals surface area contributed by atoms with Crippen molar-refractivity contribution >= 4 is 32.8 Å². The molecule has 0 unspecified atom stereocenters. The fourth-order valence-electron chi connectivity index (χ4n) is 2.99. The highest BCUT2D eigenvalue weighted by Crippen LogP contribution is 2.28. The molecular formula is C20H20BrNO2. The van der Waals surface area contributed by atoms with Crippen LogP contribution in [0.4, 0.5) is 0 Å². The molecule has 0 aliphatic rings. The summed E-state index contributed by atoms with van der Waals surface area (Å²) in [6, 6.07) is 14.0. The zero-order valence-corrected chi connectivity index (χ0v) is 15.7. The molecule has 24 heavy (non-hydrogen) atoms. The number of nitrogens with zero attached hydrogens (tertiary/aromatic N) is 1. The minimum absolute atomic E-state index is 0.269. The van der Waals surface area contributed by atoms with Gasteiger partial charge in [0.2, 0.25) is 0 Å². The molecule has 0 aliphatic carbocycles. The molecule has 0 amide bonds. The van der Waals surface area contributed by atoms with Crippen LogP contribution in [-0.4, -0.2) is 17.1 Å².